The van der Waals surface area contributed by atoms with E-state index in [2.05, 4.69) is 5.92 Å². The van der Waals surface area contributed by atoms with Crippen LogP contribution >= 0.6 is 0 Å². The van der Waals surface area contributed by atoms with E-state index in [0.29, 0.717) is 12.1 Å². The lowest BCUT2D eigenvalue weighted by molar-refractivity contribution is 0.291. The molecule has 1 rings (SSSR count). The van der Waals surface area contributed by atoms with E-state index in [1.54, 1.807) is 0 Å². The molecule has 0 aliphatic carbocycles. The van der Waals surface area contributed by atoms with Crippen molar-refractivity contribution in [2.24, 2.45) is 5.14 Å². The number of hydrogen-bond acceptors (Lipinski definition) is 3. The highest BCUT2D eigenvalue weighted by Crippen LogP contribution is 2.25. The highest BCUT2D eigenvalue weighted by molar-refractivity contribution is 7.89. The van der Waals surface area contributed by atoms with Crippen LogP contribution < -0.4 is 9.88 Å². The molecular weight excluding hydrogens is 252 g/mol. The first-order chi connectivity index (χ1) is 7.86. The Morgan fingerprint density at radius 2 is 1.88 bits per heavy atom. The molecule has 0 bridgehead atoms. The molecule has 0 aliphatic heterocycles. The molecule has 0 fully saturated rings. The normalized spacial score (nSPS) is 10.9. The maximum atomic E-state index is 13.3. The quantitative estimate of drug-likeness (QED) is 0.649. The van der Waals surface area contributed by atoms with Crippen molar-refractivity contribution < 1.29 is 21.9 Å². The van der Waals surface area contributed by atoms with E-state index in [0.717, 1.165) is 0 Å². The average molecular weight is 261 g/mol. The molecule has 0 aromatic heterocycles. The predicted octanol–water partition coefficient (Wildman–Crippen LogP) is 1.01. The summed E-state index contributed by atoms with van der Waals surface area (Å²) in [5.41, 5.74) is 0. The van der Waals surface area contributed by atoms with E-state index in [9.17, 15) is 17.2 Å². The Morgan fingerprint density at radius 1 is 1.35 bits per heavy atom. The lowest BCUT2D eigenvalue weighted by atomic mass is 10.3. The molecule has 0 amide bonds. The number of halogens is 2. The van der Waals surface area contributed by atoms with Gasteiger partial charge < -0.3 is 4.74 Å². The van der Waals surface area contributed by atoms with Crippen LogP contribution in [0.2, 0.25) is 0 Å². The molecule has 0 radical (unpaired) electrons. The van der Waals surface area contributed by atoms with E-state index in [1.165, 1.54) is 0 Å². The summed E-state index contributed by atoms with van der Waals surface area (Å²) in [6.07, 6.45) is 5.11. The lowest BCUT2D eigenvalue weighted by Crippen LogP contribution is -2.13. The summed E-state index contributed by atoms with van der Waals surface area (Å²) in [6.45, 7) is -0.0704. The Morgan fingerprint density at radius 3 is 2.29 bits per heavy atom. The number of benzene rings is 1. The van der Waals surface area contributed by atoms with Crippen LogP contribution in [0.3, 0.4) is 0 Å². The van der Waals surface area contributed by atoms with Crippen LogP contribution in [0.25, 0.3) is 0 Å². The van der Waals surface area contributed by atoms with Crippen molar-refractivity contribution in [3.05, 3.63) is 23.8 Å². The smallest absolute Gasteiger partial charge is 0.238 e. The zero-order valence-electron chi connectivity index (χ0n) is 8.61. The summed E-state index contributed by atoms with van der Waals surface area (Å²) >= 11 is 0. The Labute approximate surface area is 97.4 Å². The van der Waals surface area contributed by atoms with Gasteiger partial charge in [0.15, 0.2) is 17.4 Å². The molecule has 0 atom stereocenters. The van der Waals surface area contributed by atoms with Crippen LogP contribution in [-0.2, 0) is 10.0 Å². The van der Waals surface area contributed by atoms with E-state index < -0.39 is 32.3 Å². The summed E-state index contributed by atoms with van der Waals surface area (Å²) in [5.74, 6) is -0.741. The van der Waals surface area contributed by atoms with Crippen LogP contribution in [0.1, 0.15) is 6.42 Å². The van der Waals surface area contributed by atoms with Crippen LogP contribution in [0.5, 0.6) is 5.75 Å². The fourth-order valence-electron chi connectivity index (χ4n) is 1.05. The van der Waals surface area contributed by atoms with Gasteiger partial charge in [0.1, 0.15) is 0 Å². The molecule has 0 aliphatic rings. The van der Waals surface area contributed by atoms with Gasteiger partial charge in [-0.25, -0.2) is 22.3 Å². The number of ether oxygens (including phenoxy) is 1. The molecule has 92 valence electrons. The average Bonchev–Trinajstić information content (AvgIpc) is 2.20. The molecule has 4 nitrogen and oxygen atoms in total. The summed E-state index contributed by atoms with van der Waals surface area (Å²) < 4.78 is 53.2. The third-order valence-electron chi connectivity index (χ3n) is 1.79. The Balaban J connectivity index is 3.08. The van der Waals surface area contributed by atoms with Crippen LogP contribution in [-0.4, -0.2) is 15.0 Å². The Hall–Kier alpha value is -1.65. The number of hydrogen-bond donors (Lipinski definition) is 1. The third kappa shape index (κ3) is 3.41. The third-order valence-corrected chi connectivity index (χ3v) is 2.69. The lowest BCUT2D eigenvalue weighted by Gasteiger charge is -2.08. The van der Waals surface area contributed by atoms with Crippen molar-refractivity contribution in [1.29, 1.82) is 0 Å². The molecule has 0 heterocycles. The van der Waals surface area contributed by atoms with Crippen molar-refractivity contribution >= 4 is 10.0 Å². The van der Waals surface area contributed by atoms with E-state index in [4.69, 9.17) is 16.3 Å². The first kappa shape index (κ1) is 13.4. The van der Waals surface area contributed by atoms with Gasteiger partial charge in [0.2, 0.25) is 10.0 Å². The number of primary sulfonamides is 1. The minimum atomic E-state index is -4.16. The van der Waals surface area contributed by atoms with Gasteiger partial charge in [-0.15, -0.1) is 12.3 Å². The topological polar surface area (TPSA) is 69.4 Å². The number of terminal acetylenes is 1. The van der Waals surface area contributed by atoms with Gasteiger partial charge in [-0.2, -0.15) is 0 Å². The summed E-state index contributed by atoms with van der Waals surface area (Å²) in [5, 5.41) is 4.74. The van der Waals surface area contributed by atoms with Crippen LogP contribution in [0, 0.1) is 24.0 Å². The SMILES string of the molecule is C#CCCOc1c(F)cc(S(N)(=O)=O)cc1F. The highest BCUT2D eigenvalue weighted by atomic mass is 32.2. The van der Waals surface area contributed by atoms with E-state index in [1.807, 2.05) is 0 Å². The Kier molecular flexibility index (Phi) is 4.04. The second kappa shape index (κ2) is 5.12. The van der Waals surface area contributed by atoms with E-state index >= 15 is 0 Å². The first-order valence-electron chi connectivity index (χ1n) is 4.44. The van der Waals surface area contributed by atoms with Crippen molar-refractivity contribution in [2.75, 3.05) is 6.61 Å². The summed E-state index contributed by atoms with van der Waals surface area (Å²) in [4.78, 5) is -0.656. The van der Waals surface area contributed by atoms with Gasteiger partial charge in [0.05, 0.1) is 11.5 Å². The van der Waals surface area contributed by atoms with Gasteiger partial charge in [0, 0.05) is 6.42 Å². The molecular formula is C10H9F2NO3S. The van der Waals surface area contributed by atoms with Crippen molar-refractivity contribution in [1.82, 2.24) is 0 Å². The molecule has 2 N–H and O–H groups in total. The van der Waals surface area contributed by atoms with Gasteiger partial charge in [-0.05, 0) is 12.1 Å². The van der Waals surface area contributed by atoms with Gasteiger partial charge >= 0.3 is 0 Å². The Bertz CT molecular complexity index is 540. The van der Waals surface area contributed by atoms with E-state index in [-0.39, 0.29) is 13.0 Å². The van der Waals surface area contributed by atoms with Crippen LogP contribution in [0.4, 0.5) is 8.78 Å². The molecule has 17 heavy (non-hydrogen) atoms. The summed E-state index contributed by atoms with van der Waals surface area (Å²) in [6, 6.07) is 1.17. The van der Waals surface area contributed by atoms with Crippen molar-refractivity contribution in [3.8, 4) is 18.1 Å². The standard InChI is InChI=1S/C10H9F2NO3S/c1-2-3-4-16-10-8(11)5-7(6-9(10)12)17(13,14)15/h1,5-6H,3-4H2,(H2,13,14,15). The first-order valence-corrected chi connectivity index (χ1v) is 5.99. The molecule has 1 aromatic rings. The zero-order chi connectivity index (χ0) is 13.1. The molecule has 0 spiro atoms. The highest BCUT2D eigenvalue weighted by Gasteiger charge is 2.17. The number of sulfonamides is 1. The monoisotopic (exact) mass is 261 g/mol. The van der Waals surface area contributed by atoms with Crippen LogP contribution in [0.15, 0.2) is 17.0 Å². The second-order valence-corrected chi connectivity index (χ2v) is 4.63. The minimum absolute atomic E-state index is 0.0704. The maximum Gasteiger partial charge on any atom is 0.238 e. The van der Waals surface area contributed by atoms with Gasteiger partial charge in [-0.1, -0.05) is 0 Å². The fourth-order valence-corrected chi connectivity index (χ4v) is 1.59. The van der Waals surface area contributed by atoms with Crippen molar-refractivity contribution in [2.45, 2.75) is 11.3 Å². The predicted molar refractivity (Wildman–Crippen MR) is 56.7 cm³/mol. The fraction of sp³-hybridized carbons (Fsp3) is 0.200. The molecule has 0 saturated carbocycles. The minimum Gasteiger partial charge on any atom is -0.487 e. The largest absolute Gasteiger partial charge is 0.487 e. The maximum absolute atomic E-state index is 13.3. The summed E-state index contributed by atoms with van der Waals surface area (Å²) in [7, 11) is -4.16. The second-order valence-electron chi connectivity index (χ2n) is 3.06. The number of nitrogens with two attached hydrogens (primary N) is 1. The van der Waals surface area contributed by atoms with Crippen molar-refractivity contribution in [3.63, 3.8) is 0 Å². The number of rotatable bonds is 4. The molecule has 0 unspecified atom stereocenters. The zero-order valence-corrected chi connectivity index (χ0v) is 9.43. The molecule has 1 aromatic carbocycles. The van der Waals surface area contributed by atoms with Gasteiger partial charge in [0.25, 0.3) is 0 Å². The van der Waals surface area contributed by atoms with Gasteiger partial charge in [-0.3, -0.25) is 0 Å². The molecule has 0 saturated heterocycles. The molecule has 7 heteroatoms.